The van der Waals surface area contributed by atoms with Gasteiger partial charge in [-0.3, -0.25) is 4.79 Å². The number of hydrogen-bond acceptors (Lipinski definition) is 5. The Kier molecular flexibility index (Phi) is 4.39. The molecule has 0 aliphatic carbocycles. The summed E-state index contributed by atoms with van der Waals surface area (Å²) in [6.07, 6.45) is -0.982. The largest absolute Gasteiger partial charge is 0.486 e. The lowest BCUT2D eigenvalue weighted by atomic mass is 10.2. The van der Waals surface area contributed by atoms with Crippen molar-refractivity contribution in [1.82, 2.24) is 4.57 Å². The zero-order valence-electron chi connectivity index (χ0n) is 14.4. The molecule has 132 valence electrons. The van der Waals surface area contributed by atoms with Gasteiger partial charge >= 0.3 is 5.97 Å². The Labute approximate surface area is 145 Å². The minimum absolute atomic E-state index is 0.389. The molecule has 7 heteroatoms. The lowest BCUT2D eigenvalue weighted by Crippen LogP contribution is -2.30. The first-order valence-corrected chi connectivity index (χ1v) is 7.97. The van der Waals surface area contributed by atoms with E-state index >= 15 is 0 Å². The molecule has 0 saturated carbocycles. The summed E-state index contributed by atoms with van der Waals surface area (Å²) >= 11 is 0. The minimum atomic E-state index is -0.982. The van der Waals surface area contributed by atoms with Crippen molar-refractivity contribution in [3.63, 3.8) is 0 Å². The third kappa shape index (κ3) is 3.17. The van der Waals surface area contributed by atoms with Crippen LogP contribution in [-0.2, 0) is 9.53 Å². The van der Waals surface area contributed by atoms with Gasteiger partial charge in [0.05, 0.1) is 5.56 Å². The van der Waals surface area contributed by atoms with Gasteiger partial charge in [0.1, 0.15) is 13.2 Å². The van der Waals surface area contributed by atoms with Crippen molar-refractivity contribution in [3.05, 3.63) is 41.2 Å². The smallest absolute Gasteiger partial charge is 0.340 e. The number of carbonyl (C=O) groups is 2. The van der Waals surface area contributed by atoms with Crippen LogP contribution in [0.25, 0.3) is 5.69 Å². The van der Waals surface area contributed by atoms with E-state index in [0.717, 1.165) is 11.4 Å². The predicted molar refractivity (Wildman–Crippen MR) is 90.3 cm³/mol. The number of fused-ring (bicyclic) bond motifs is 1. The highest BCUT2D eigenvalue weighted by Gasteiger charge is 2.22. The van der Waals surface area contributed by atoms with Gasteiger partial charge in [0.2, 0.25) is 0 Å². The van der Waals surface area contributed by atoms with E-state index in [2.05, 4.69) is 0 Å². The van der Waals surface area contributed by atoms with E-state index in [0.29, 0.717) is 36.0 Å². The van der Waals surface area contributed by atoms with E-state index in [1.165, 1.54) is 6.92 Å². The molecule has 0 fully saturated rings. The van der Waals surface area contributed by atoms with Gasteiger partial charge in [0.15, 0.2) is 17.6 Å². The fourth-order valence-electron chi connectivity index (χ4n) is 2.82. The van der Waals surface area contributed by atoms with Gasteiger partial charge in [0.25, 0.3) is 5.91 Å². The number of benzene rings is 1. The summed E-state index contributed by atoms with van der Waals surface area (Å²) in [5.74, 6) is 0.104. The molecule has 1 amide bonds. The number of aromatic nitrogens is 1. The van der Waals surface area contributed by atoms with Crippen molar-refractivity contribution in [2.24, 2.45) is 5.73 Å². The molecule has 1 aliphatic heterocycles. The molecule has 1 aromatic carbocycles. The lowest BCUT2D eigenvalue weighted by Gasteiger charge is -2.20. The SMILES string of the molecule is Cc1cc(C(=O)OC(C)C(N)=O)c(C)n1-c1ccc2c(c1)OCCO2. The summed E-state index contributed by atoms with van der Waals surface area (Å²) in [7, 11) is 0. The molecule has 0 spiro atoms. The maximum absolute atomic E-state index is 12.3. The van der Waals surface area contributed by atoms with E-state index in [1.807, 2.05) is 36.6 Å². The number of hydrogen-bond donors (Lipinski definition) is 1. The second kappa shape index (κ2) is 6.51. The number of carbonyl (C=O) groups excluding carboxylic acids is 2. The standard InChI is InChI=1S/C18H20N2O5/c1-10-8-14(18(22)25-12(3)17(19)21)11(2)20(10)13-4-5-15-16(9-13)24-7-6-23-15/h4-5,8-9,12H,6-7H2,1-3H3,(H2,19,21). The molecule has 25 heavy (non-hydrogen) atoms. The summed E-state index contributed by atoms with van der Waals surface area (Å²) in [4.78, 5) is 23.4. The first-order chi connectivity index (χ1) is 11.9. The van der Waals surface area contributed by atoms with Crippen LogP contribution in [0.3, 0.4) is 0 Å². The van der Waals surface area contributed by atoms with Crippen molar-refractivity contribution < 1.29 is 23.8 Å². The third-order valence-corrected chi connectivity index (χ3v) is 4.12. The number of esters is 1. The zero-order valence-corrected chi connectivity index (χ0v) is 14.4. The molecular weight excluding hydrogens is 324 g/mol. The molecule has 1 unspecified atom stereocenters. The number of aryl methyl sites for hydroxylation is 1. The first kappa shape index (κ1) is 16.9. The zero-order chi connectivity index (χ0) is 18.1. The van der Waals surface area contributed by atoms with Crippen LogP contribution in [0.5, 0.6) is 11.5 Å². The Bertz CT molecular complexity index is 840. The van der Waals surface area contributed by atoms with Crippen molar-refractivity contribution in [3.8, 4) is 17.2 Å². The van der Waals surface area contributed by atoms with Crippen molar-refractivity contribution in [2.45, 2.75) is 26.9 Å². The van der Waals surface area contributed by atoms with E-state index in [-0.39, 0.29) is 0 Å². The summed E-state index contributed by atoms with van der Waals surface area (Å²) in [5.41, 5.74) is 7.94. The maximum Gasteiger partial charge on any atom is 0.340 e. The number of ether oxygens (including phenoxy) is 3. The average molecular weight is 344 g/mol. The molecule has 0 radical (unpaired) electrons. The number of primary amides is 1. The van der Waals surface area contributed by atoms with E-state index in [9.17, 15) is 9.59 Å². The topological polar surface area (TPSA) is 92.8 Å². The highest BCUT2D eigenvalue weighted by atomic mass is 16.6. The van der Waals surface area contributed by atoms with Crippen molar-refractivity contribution in [2.75, 3.05) is 13.2 Å². The second-order valence-electron chi connectivity index (χ2n) is 5.90. The van der Waals surface area contributed by atoms with Crippen LogP contribution < -0.4 is 15.2 Å². The molecular formula is C18H20N2O5. The van der Waals surface area contributed by atoms with Crippen LogP contribution >= 0.6 is 0 Å². The minimum Gasteiger partial charge on any atom is -0.486 e. The van der Waals surface area contributed by atoms with Crippen LogP contribution in [0.2, 0.25) is 0 Å². The normalized spacial score (nSPS) is 14.0. The number of nitrogens with zero attached hydrogens (tertiary/aromatic N) is 1. The predicted octanol–water partition coefficient (Wildman–Crippen LogP) is 1.90. The van der Waals surface area contributed by atoms with Gasteiger partial charge in [0, 0.05) is 23.1 Å². The van der Waals surface area contributed by atoms with Crippen molar-refractivity contribution >= 4 is 11.9 Å². The highest BCUT2D eigenvalue weighted by Crippen LogP contribution is 2.33. The van der Waals surface area contributed by atoms with Gasteiger partial charge < -0.3 is 24.5 Å². The molecule has 1 atom stereocenters. The monoisotopic (exact) mass is 344 g/mol. The van der Waals surface area contributed by atoms with Crippen molar-refractivity contribution in [1.29, 1.82) is 0 Å². The molecule has 0 saturated heterocycles. The average Bonchev–Trinajstić information content (AvgIpc) is 2.89. The highest BCUT2D eigenvalue weighted by molar-refractivity contribution is 5.93. The molecule has 2 aromatic rings. The van der Waals surface area contributed by atoms with Crippen LogP contribution in [0.1, 0.15) is 28.7 Å². The first-order valence-electron chi connectivity index (χ1n) is 7.97. The van der Waals surface area contributed by atoms with Crippen LogP contribution in [0.15, 0.2) is 24.3 Å². The molecule has 2 N–H and O–H groups in total. The van der Waals surface area contributed by atoms with E-state index < -0.39 is 18.0 Å². The summed E-state index contributed by atoms with van der Waals surface area (Å²) < 4.78 is 18.2. The van der Waals surface area contributed by atoms with Crippen LogP contribution in [0.4, 0.5) is 0 Å². The Morgan fingerprint density at radius 3 is 2.52 bits per heavy atom. The Morgan fingerprint density at radius 1 is 1.16 bits per heavy atom. The maximum atomic E-state index is 12.3. The third-order valence-electron chi connectivity index (χ3n) is 4.12. The number of rotatable bonds is 4. The fourth-order valence-corrected chi connectivity index (χ4v) is 2.82. The summed E-state index contributed by atoms with van der Waals surface area (Å²) in [6.45, 7) is 6.18. The van der Waals surface area contributed by atoms with Gasteiger partial charge in [-0.2, -0.15) is 0 Å². The number of nitrogens with two attached hydrogens (primary N) is 1. The second-order valence-corrected chi connectivity index (χ2v) is 5.90. The van der Waals surface area contributed by atoms with Crippen LogP contribution in [0, 0.1) is 13.8 Å². The lowest BCUT2D eigenvalue weighted by molar-refractivity contribution is -0.125. The van der Waals surface area contributed by atoms with E-state index in [4.69, 9.17) is 19.9 Å². The van der Waals surface area contributed by atoms with Gasteiger partial charge in [-0.1, -0.05) is 0 Å². The molecule has 1 aliphatic rings. The molecule has 0 bridgehead atoms. The Hall–Kier alpha value is -2.96. The molecule has 7 nitrogen and oxygen atoms in total. The van der Waals surface area contributed by atoms with E-state index in [1.54, 1.807) is 6.07 Å². The van der Waals surface area contributed by atoms with Gasteiger partial charge in [-0.15, -0.1) is 0 Å². The summed E-state index contributed by atoms with van der Waals surface area (Å²) in [5, 5.41) is 0. The molecule has 2 heterocycles. The Morgan fingerprint density at radius 2 is 1.84 bits per heavy atom. The Balaban J connectivity index is 1.95. The quantitative estimate of drug-likeness (QED) is 0.855. The van der Waals surface area contributed by atoms with Crippen LogP contribution in [-0.4, -0.2) is 35.8 Å². The molecule has 1 aromatic heterocycles. The molecule has 3 rings (SSSR count). The van der Waals surface area contributed by atoms with Gasteiger partial charge in [-0.25, -0.2) is 4.79 Å². The fraction of sp³-hybridized carbons (Fsp3) is 0.333. The summed E-state index contributed by atoms with van der Waals surface area (Å²) in [6, 6.07) is 7.34. The van der Waals surface area contributed by atoms with Gasteiger partial charge in [-0.05, 0) is 39.0 Å². The number of amides is 1.